The van der Waals surface area contributed by atoms with Crippen molar-refractivity contribution in [3.8, 4) is 10.6 Å². The number of amides is 1. The highest BCUT2D eigenvalue weighted by Crippen LogP contribution is 2.29. The van der Waals surface area contributed by atoms with E-state index in [1.54, 1.807) is 28.9 Å². The van der Waals surface area contributed by atoms with E-state index in [4.69, 9.17) is 4.98 Å². The van der Waals surface area contributed by atoms with Crippen LogP contribution in [0.25, 0.3) is 21.6 Å². The van der Waals surface area contributed by atoms with Crippen LogP contribution >= 0.6 is 22.7 Å². The summed E-state index contributed by atoms with van der Waals surface area (Å²) in [7, 11) is 0. The Morgan fingerprint density at radius 1 is 1.10 bits per heavy atom. The van der Waals surface area contributed by atoms with Crippen molar-refractivity contribution in [3.05, 3.63) is 57.7 Å². The molecule has 30 heavy (non-hydrogen) atoms. The van der Waals surface area contributed by atoms with E-state index >= 15 is 0 Å². The molecule has 0 aliphatic carbocycles. The third-order valence-corrected chi connectivity index (χ3v) is 7.29. The summed E-state index contributed by atoms with van der Waals surface area (Å²) in [5, 5.41) is 9.45. The predicted molar refractivity (Wildman–Crippen MR) is 122 cm³/mol. The van der Waals surface area contributed by atoms with Gasteiger partial charge in [-0.1, -0.05) is 12.1 Å². The van der Waals surface area contributed by atoms with E-state index in [0.717, 1.165) is 60.9 Å². The van der Waals surface area contributed by atoms with E-state index in [2.05, 4.69) is 27.5 Å². The molecule has 1 fully saturated rings. The molecule has 0 bridgehead atoms. The first-order valence-corrected chi connectivity index (χ1v) is 11.9. The number of aromatic nitrogens is 3. The van der Waals surface area contributed by atoms with Crippen molar-refractivity contribution in [2.75, 3.05) is 26.2 Å². The van der Waals surface area contributed by atoms with E-state index in [9.17, 15) is 4.79 Å². The molecule has 6 nitrogen and oxygen atoms in total. The van der Waals surface area contributed by atoms with E-state index in [0.29, 0.717) is 5.56 Å². The van der Waals surface area contributed by atoms with Gasteiger partial charge in [0.25, 0.3) is 5.91 Å². The van der Waals surface area contributed by atoms with Gasteiger partial charge in [-0.15, -0.1) is 22.7 Å². The van der Waals surface area contributed by atoms with Crippen molar-refractivity contribution in [2.45, 2.75) is 20.0 Å². The van der Waals surface area contributed by atoms with E-state index in [1.165, 1.54) is 4.88 Å². The molecule has 0 atom stereocenters. The van der Waals surface area contributed by atoms with Gasteiger partial charge in [-0.05, 0) is 35.9 Å². The number of hydrogen-bond acceptors (Lipinski definition) is 6. The molecule has 8 heteroatoms. The quantitative estimate of drug-likeness (QED) is 0.470. The van der Waals surface area contributed by atoms with Crippen LogP contribution in [0.5, 0.6) is 0 Å². The molecule has 1 aliphatic heterocycles. The lowest BCUT2D eigenvalue weighted by atomic mass is 10.1. The smallest absolute Gasteiger partial charge is 0.254 e. The largest absolute Gasteiger partial charge is 0.336 e. The lowest BCUT2D eigenvalue weighted by molar-refractivity contribution is 0.0631. The summed E-state index contributed by atoms with van der Waals surface area (Å²) in [6.07, 6.45) is 1.78. The average molecular weight is 438 g/mol. The summed E-state index contributed by atoms with van der Waals surface area (Å²) in [6, 6.07) is 10.3. The maximum Gasteiger partial charge on any atom is 0.254 e. The van der Waals surface area contributed by atoms with Gasteiger partial charge in [-0.3, -0.25) is 9.69 Å². The summed E-state index contributed by atoms with van der Waals surface area (Å²) in [5.41, 5.74) is 2.32. The first-order chi connectivity index (χ1) is 14.7. The highest BCUT2D eigenvalue weighted by molar-refractivity contribution is 7.13. The van der Waals surface area contributed by atoms with Crippen LogP contribution in [-0.2, 0) is 13.1 Å². The van der Waals surface area contributed by atoms with Crippen molar-refractivity contribution in [1.29, 1.82) is 0 Å². The van der Waals surface area contributed by atoms with Crippen LogP contribution in [-0.4, -0.2) is 56.7 Å². The van der Waals surface area contributed by atoms with Gasteiger partial charge < -0.3 is 4.90 Å². The summed E-state index contributed by atoms with van der Waals surface area (Å²) in [4.78, 5) is 25.2. The first kappa shape index (κ1) is 19.4. The van der Waals surface area contributed by atoms with Crippen LogP contribution in [0.3, 0.4) is 0 Å². The molecule has 0 N–H and O–H groups in total. The zero-order valence-electron chi connectivity index (χ0n) is 16.8. The summed E-state index contributed by atoms with van der Waals surface area (Å²) in [6.45, 7) is 6.99. The highest BCUT2D eigenvalue weighted by atomic mass is 32.1. The van der Waals surface area contributed by atoms with Crippen molar-refractivity contribution >= 4 is 39.6 Å². The minimum atomic E-state index is 0.0756. The van der Waals surface area contributed by atoms with Crippen LogP contribution in [0.2, 0.25) is 0 Å². The Labute approximate surface area is 183 Å². The molecule has 1 amide bonds. The number of thiophene rings is 2. The number of nitrogens with zero attached hydrogens (tertiary/aromatic N) is 5. The van der Waals surface area contributed by atoms with Crippen LogP contribution in [0, 0.1) is 0 Å². The molecule has 0 aromatic carbocycles. The number of fused-ring (bicyclic) bond motifs is 1. The Hall–Kier alpha value is -2.55. The van der Waals surface area contributed by atoms with Crippen molar-refractivity contribution in [2.24, 2.45) is 0 Å². The van der Waals surface area contributed by atoms with Crippen molar-refractivity contribution in [3.63, 3.8) is 0 Å². The molecule has 4 aromatic heterocycles. The Balaban J connectivity index is 1.41. The van der Waals surface area contributed by atoms with Crippen LogP contribution in [0.1, 0.15) is 22.2 Å². The monoisotopic (exact) mass is 437 g/mol. The van der Waals surface area contributed by atoms with E-state index in [-0.39, 0.29) is 5.91 Å². The number of pyridine rings is 1. The maximum absolute atomic E-state index is 13.5. The van der Waals surface area contributed by atoms with Gasteiger partial charge in [0.05, 0.1) is 27.7 Å². The zero-order chi connectivity index (χ0) is 20.5. The van der Waals surface area contributed by atoms with Gasteiger partial charge in [-0.2, -0.15) is 5.10 Å². The molecule has 0 spiro atoms. The number of aryl methyl sites for hydroxylation is 1. The number of carbonyl (C=O) groups excluding carboxylic acids is 1. The minimum Gasteiger partial charge on any atom is -0.336 e. The van der Waals surface area contributed by atoms with Gasteiger partial charge in [0.1, 0.15) is 0 Å². The van der Waals surface area contributed by atoms with Gasteiger partial charge in [0, 0.05) is 44.1 Å². The SMILES string of the molecule is CCn1ncc2c(C(=O)N3CCN(Cc4cccs4)CC3)cc(-c3cccs3)nc21. The molecule has 154 valence electrons. The molecule has 4 aromatic rings. The fourth-order valence-corrected chi connectivity index (χ4v) is 5.34. The number of carbonyl (C=O) groups is 1. The third-order valence-electron chi connectivity index (χ3n) is 5.53. The minimum absolute atomic E-state index is 0.0756. The van der Waals surface area contributed by atoms with Gasteiger partial charge in [0.2, 0.25) is 0 Å². The lowest BCUT2D eigenvalue weighted by Crippen LogP contribution is -2.48. The maximum atomic E-state index is 13.5. The van der Waals surface area contributed by atoms with Crippen molar-refractivity contribution in [1.82, 2.24) is 24.6 Å². The van der Waals surface area contributed by atoms with E-state index in [1.807, 2.05) is 40.1 Å². The summed E-state index contributed by atoms with van der Waals surface area (Å²) in [5.74, 6) is 0.0756. The first-order valence-electron chi connectivity index (χ1n) is 10.2. The molecule has 1 aliphatic rings. The molecule has 0 radical (unpaired) electrons. The third kappa shape index (κ3) is 3.66. The molecular weight excluding hydrogens is 414 g/mol. The highest BCUT2D eigenvalue weighted by Gasteiger charge is 2.25. The lowest BCUT2D eigenvalue weighted by Gasteiger charge is -2.34. The normalized spacial score (nSPS) is 15.2. The topological polar surface area (TPSA) is 54.3 Å². The number of piperazine rings is 1. The standard InChI is InChI=1S/C22H23N5OS2/c1-2-27-21-18(14-23-27)17(13-19(24-21)20-6-4-12-30-20)22(28)26-9-7-25(8-10-26)15-16-5-3-11-29-16/h3-6,11-14H,2,7-10,15H2,1H3. The van der Waals surface area contributed by atoms with Crippen molar-refractivity contribution < 1.29 is 4.79 Å². The molecular formula is C22H23N5OS2. The molecule has 0 saturated carbocycles. The zero-order valence-corrected chi connectivity index (χ0v) is 18.5. The summed E-state index contributed by atoms with van der Waals surface area (Å²) >= 11 is 3.42. The fraction of sp³-hybridized carbons (Fsp3) is 0.318. The molecule has 1 saturated heterocycles. The van der Waals surface area contributed by atoms with Gasteiger partial charge >= 0.3 is 0 Å². The van der Waals surface area contributed by atoms with Crippen LogP contribution in [0.4, 0.5) is 0 Å². The van der Waals surface area contributed by atoms with Gasteiger partial charge in [-0.25, -0.2) is 9.67 Å². The molecule has 5 heterocycles. The second-order valence-corrected chi connectivity index (χ2v) is 9.36. The molecule has 0 unspecified atom stereocenters. The second-order valence-electron chi connectivity index (χ2n) is 7.38. The molecule has 5 rings (SSSR count). The average Bonchev–Trinajstić information content (AvgIpc) is 3.54. The second kappa shape index (κ2) is 8.29. The van der Waals surface area contributed by atoms with Crippen LogP contribution < -0.4 is 0 Å². The van der Waals surface area contributed by atoms with E-state index < -0.39 is 0 Å². The summed E-state index contributed by atoms with van der Waals surface area (Å²) < 4.78 is 1.86. The van der Waals surface area contributed by atoms with Crippen LogP contribution in [0.15, 0.2) is 47.3 Å². The number of rotatable bonds is 5. The Bertz CT molecular complexity index is 1140. The predicted octanol–water partition coefficient (Wildman–Crippen LogP) is 4.20. The van der Waals surface area contributed by atoms with Gasteiger partial charge in [0.15, 0.2) is 5.65 Å². The number of hydrogen-bond donors (Lipinski definition) is 0. The Morgan fingerprint density at radius 2 is 1.90 bits per heavy atom. The Morgan fingerprint density at radius 3 is 2.60 bits per heavy atom. The fourth-order valence-electron chi connectivity index (χ4n) is 3.91. The Kier molecular flexibility index (Phi) is 5.37.